The van der Waals surface area contributed by atoms with Gasteiger partial charge in [0, 0.05) is 18.3 Å². The molecule has 1 aromatic heterocycles. The minimum Gasteiger partial charge on any atom is -0.406 e. The van der Waals surface area contributed by atoms with Gasteiger partial charge in [0.2, 0.25) is 0 Å². The highest BCUT2D eigenvalue weighted by Gasteiger charge is 2.31. The fraction of sp³-hybridized carbons (Fsp3) is 0.250. The van der Waals surface area contributed by atoms with Gasteiger partial charge in [-0.3, -0.25) is 0 Å². The summed E-state index contributed by atoms with van der Waals surface area (Å²) in [4.78, 5) is 0. The molecule has 0 amide bonds. The molecule has 3 aromatic rings. The van der Waals surface area contributed by atoms with Crippen LogP contribution < -0.4 is 15.4 Å². The Labute approximate surface area is 159 Å². The van der Waals surface area contributed by atoms with Gasteiger partial charge in [0.15, 0.2) is 11.4 Å². The van der Waals surface area contributed by atoms with Gasteiger partial charge in [-0.25, -0.2) is 0 Å². The van der Waals surface area contributed by atoms with Crippen molar-refractivity contribution in [3.05, 3.63) is 54.7 Å². The largest absolute Gasteiger partial charge is 0.573 e. The maximum absolute atomic E-state index is 12.3. The van der Waals surface area contributed by atoms with E-state index in [1.807, 2.05) is 12.1 Å². The van der Waals surface area contributed by atoms with Crippen molar-refractivity contribution in [2.45, 2.75) is 25.2 Å². The van der Waals surface area contributed by atoms with Crippen LogP contribution in [0.25, 0.3) is 22.1 Å². The summed E-state index contributed by atoms with van der Waals surface area (Å²) >= 11 is 0. The quantitative estimate of drug-likeness (QED) is 0.638. The molecule has 8 heteroatoms. The van der Waals surface area contributed by atoms with E-state index in [1.54, 1.807) is 18.2 Å². The van der Waals surface area contributed by atoms with E-state index in [1.165, 1.54) is 12.1 Å². The van der Waals surface area contributed by atoms with Crippen molar-refractivity contribution in [3.8, 4) is 16.9 Å². The summed E-state index contributed by atoms with van der Waals surface area (Å²) in [6.45, 7) is 4.61. The van der Waals surface area contributed by atoms with Gasteiger partial charge >= 0.3 is 6.36 Å². The number of aromatic nitrogens is 1. The number of fused-ring (bicyclic) bond motifs is 1. The fourth-order valence-corrected chi connectivity index (χ4v) is 3.25. The SMILES string of the molecule is C=C1CC[C@H](CNc2noc3ccc(-c4ccc(OC(F)(F)F)cc4)cc23)N1. The molecule has 1 saturated heterocycles. The number of anilines is 1. The zero-order chi connectivity index (χ0) is 19.7. The highest BCUT2D eigenvalue weighted by atomic mass is 19.4. The van der Waals surface area contributed by atoms with Gasteiger partial charge in [0.25, 0.3) is 0 Å². The molecule has 4 rings (SSSR count). The number of rotatable bonds is 5. The van der Waals surface area contributed by atoms with Gasteiger partial charge in [-0.05, 0) is 48.2 Å². The van der Waals surface area contributed by atoms with Crippen LogP contribution in [0.15, 0.2) is 59.3 Å². The second-order valence-corrected chi connectivity index (χ2v) is 6.68. The predicted octanol–water partition coefficient (Wildman–Crippen LogP) is 5.07. The third-order valence-corrected chi connectivity index (χ3v) is 4.61. The maximum Gasteiger partial charge on any atom is 0.573 e. The molecule has 0 unspecified atom stereocenters. The molecule has 1 aliphatic heterocycles. The molecule has 0 bridgehead atoms. The van der Waals surface area contributed by atoms with Crippen LogP contribution in [-0.2, 0) is 0 Å². The lowest BCUT2D eigenvalue weighted by molar-refractivity contribution is -0.274. The lowest BCUT2D eigenvalue weighted by atomic mass is 10.0. The van der Waals surface area contributed by atoms with E-state index in [9.17, 15) is 13.2 Å². The van der Waals surface area contributed by atoms with Crippen molar-refractivity contribution in [3.63, 3.8) is 0 Å². The van der Waals surface area contributed by atoms with Crippen LogP contribution in [0.4, 0.5) is 19.0 Å². The maximum atomic E-state index is 12.3. The van der Waals surface area contributed by atoms with Crippen molar-refractivity contribution in [1.29, 1.82) is 0 Å². The molecule has 5 nitrogen and oxygen atoms in total. The molecule has 0 aliphatic carbocycles. The average molecular weight is 389 g/mol. The first-order valence-electron chi connectivity index (χ1n) is 8.81. The Morgan fingerprint density at radius 2 is 1.93 bits per heavy atom. The van der Waals surface area contributed by atoms with Crippen LogP contribution in [0.2, 0.25) is 0 Å². The Morgan fingerprint density at radius 1 is 1.18 bits per heavy atom. The molecule has 2 aromatic carbocycles. The molecule has 0 radical (unpaired) electrons. The molecule has 0 saturated carbocycles. The zero-order valence-corrected chi connectivity index (χ0v) is 14.8. The van der Waals surface area contributed by atoms with Crippen molar-refractivity contribution in [1.82, 2.24) is 10.5 Å². The van der Waals surface area contributed by atoms with E-state index in [0.29, 0.717) is 24.0 Å². The lowest BCUT2D eigenvalue weighted by Gasteiger charge is -2.11. The van der Waals surface area contributed by atoms with Gasteiger partial charge in [-0.15, -0.1) is 13.2 Å². The molecule has 0 spiro atoms. The summed E-state index contributed by atoms with van der Waals surface area (Å²) < 4.78 is 46.2. The highest BCUT2D eigenvalue weighted by molar-refractivity contribution is 5.91. The smallest absolute Gasteiger partial charge is 0.406 e. The van der Waals surface area contributed by atoms with Crippen LogP contribution in [0.5, 0.6) is 5.75 Å². The lowest BCUT2D eigenvalue weighted by Crippen LogP contribution is -2.28. The third-order valence-electron chi connectivity index (χ3n) is 4.61. The number of benzene rings is 2. The van der Waals surface area contributed by atoms with Gasteiger partial charge in [-0.2, -0.15) is 0 Å². The fourth-order valence-electron chi connectivity index (χ4n) is 3.25. The average Bonchev–Trinajstić information content (AvgIpc) is 3.24. The molecule has 1 fully saturated rings. The number of nitrogens with one attached hydrogen (secondary N) is 2. The monoisotopic (exact) mass is 389 g/mol. The molecule has 2 heterocycles. The summed E-state index contributed by atoms with van der Waals surface area (Å²) in [5, 5.41) is 11.5. The molecule has 146 valence electrons. The number of alkyl halides is 3. The normalized spacial score (nSPS) is 17.0. The standard InChI is InChI=1S/C20H18F3N3O2/c1-12-2-6-15(25-12)11-24-19-17-10-14(5-9-18(17)28-26-19)13-3-7-16(8-4-13)27-20(21,22)23/h3-5,7-10,15,25H,1-2,6,11H2,(H,24,26)/t15-/m1/s1. The van der Waals surface area contributed by atoms with E-state index >= 15 is 0 Å². The van der Waals surface area contributed by atoms with E-state index < -0.39 is 6.36 Å². The Bertz CT molecular complexity index is 996. The van der Waals surface area contributed by atoms with Gasteiger partial charge in [0.05, 0.1) is 5.39 Å². The van der Waals surface area contributed by atoms with Crippen molar-refractivity contribution >= 4 is 16.8 Å². The van der Waals surface area contributed by atoms with Crippen LogP contribution in [0.1, 0.15) is 12.8 Å². The molecule has 2 N–H and O–H groups in total. The number of allylic oxidation sites excluding steroid dienone is 1. The number of hydrogen-bond acceptors (Lipinski definition) is 5. The van der Waals surface area contributed by atoms with Crippen LogP contribution >= 0.6 is 0 Å². The van der Waals surface area contributed by atoms with E-state index in [0.717, 1.165) is 35.1 Å². The molecular formula is C20H18F3N3O2. The van der Waals surface area contributed by atoms with Gasteiger partial charge in [-0.1, -0.05) is 29.9 Å². The van der Waals surface area contributed by atoms with Gasteiger partial charge in [0.1, 0.15) is 5.75 Å². The number of ether oxygens (including phenoxy) is 1. The zero-order valence-electron chi connectivity index (χ0n) is 14.8. The first-order valence-corrected chi connectivity index (χ1v) is 8.81. The molecular weight excluding hydrogens is 371 g/mol. The van der Waals surface area contributed by atoms with Crippen molar-refractivity contribution in [2.24, 2.45) is 0 Å². The first kappa shape index (κ1) is 18.2. The minimum atomic E-state index is -4.70. The predicted molar refractivity (Wildman–Crippen MR) is 99.9 cm³/mol. The second-order valence-electron chi connectivity index (χ2n) is 6.68. The summed E-state index contributed by atoms with van der Waals surface area (Å²) in [5.41, 5.74) is 3.27. The van der Waals surface area contributed by atoms with E-state index in [4.69, 9.17) is 4.52 Å². The number of hydrogen-bond donors (Lipinski definition) is 2. The van der Waals surface area contributed by atoms with E-state index in [2.05, 4.69) is 27.1 Å². The summed E-state index contributed by atoms with van der Waals surface area (Å²) in [6, 6.07) is 11.6. The van der Waals surface area contributed by atoms with Gasteiger partial charge < -0.3 is 19.9 Å². The van der Waals surface area contributed by atoms with Crippen molar-refractivity contribution < 1.29 is 22.4 Å². The Balaban J connectivity index is 1.53. The molecule has 1 aliphatic rings. The topological polar surface area (TPSA) is 59.3 Å². The molecule has 28 heavy (non-hydrogen) atoms. The third kappa shape index (κ3) is 4.05. The van der Waals surface area contributed by atoms with Crippen LogP contribution in [0, 0.1) is 0 Å². The summed E-state index contributed by atoms with van der Waals surface area (Å²) in [7, 11) is 0. The summed E-state index contributed by atoms with van der Waals surface area (Å²) in [6.07, 6.45) is -2.73. The van der Waals surface area contributed by atoms with E-state index in [-0.39, 0.29) is 5.75 Å². The Morgan fingerprint density at radius 3 is 2.61 bits per heavy atom. The minimum absolute atomic E-state index is 0.254. The van der Waals surface area contributed by atoms with Crippen molar-refractivity contribution in [2.75, 3.05) is 11.9 Å². The summed E-state index contributed by atoms with van der Waals surface area (Å²) in [5.74, 6) is 0.378. The van der Waals surface area contributed by atoms with Crippen LogP contribution in [-0.4, -0.2) is 24.1 Å². The number of nitrogens with zero attached hydrogens (tertiary/aromatic N) is 1. The Hall–Kier alpha value is -3.16. The highest BCUT2D eigenvalue weighted by Crippen LogP contribution is 2.31. The second kappa shape index (κ2) is 7.10. The molecule has 1 atom stereocenters. The first-order chi connectivity index (χ1) is 13.4. The number of halogens is 3. The van der Waals surface area contributed by atoms with Crippen LogP contribution in [0.3, 0.4) is 0 Å². The Kier molecular flexibility index (Phi) is 4.62.